The highest BCUT2D eigenvalue weighted by atomic mass is 32.1. The number of rotatable bonds is 9. The van der Waals surface area contributed by atoms with Crippen molar-refractivity contribution in [2.24, 2.45) is 0 Å². The van der Waals surface area contributed by atoms with Crippen molar-refractivity contribution in [3.05, 3.63) is 206 Å². The van der Waals surface area contributed by atoms with Crippen LogP contribution in [0.15, 0.2) is 206 Å². The Labute approximate surface area is 333 Å². The quantitative estimate of drug-likeness (QED) is 0.147. The molecule has 0 unspecified atom stereocenters. The first-order valence-corrected chi connectivity index (χ1v) is 20.2. The van der Waals surface area contributed by atoms with Gasteiger partial charge in [-0.1, -0.05) is 133 Å². The van der Waals surface area contributed by atoms with Crippen LogP contribution in [0, 0.1) is 0 Å². The molecule has 10 rings (SSSR count). The topological polar surface area (TPSA) is 32.3 Å². The molecule has 266 valence electrons. The second kappa shape index (κ2) is 14.8. The van der Waals surface area contributed by atoms with Gasteiger partial charge in [0.1, 0.15) is 21.0 Å². The van der Waals surface area contributed by atoms with Crippen LogP contribution in [0.4, 0.5) is 34.1 Å². The van der Waals surface area contributed by atoms with Crippen LogP contribution in [0.5, 0.6) is 0 Å². The predicted octanol–water partition coefficient (Wildman–Crippen LogP) is 14.8. The fourth-order valence-corrected chi connectivity index (χ4v) is 9.23. The summed E-state index contributed by atoms with van der Waals surface area (Å²) < 4.78 is 2.31. The van der Waals surface area contributed by atoms with Crippen molar-refractivity contribution in [2.45, 2.75) is 0 Å². The molecule has 0 radical (unpaired) electrons. The number of benzene rings is 8. The molecule has 0 aliphatic rings. The van der Waals surface area contributed by atoms with Gasteiger partial charge in [0.15, 0.2) is 0 Å². The summed E-state index contributed by atoms with van der Waals surface area (Å²) in [5, 5.41) is 2.01. The van der Waals surface area contributed by atoms with Crippen molar-refractivity contribution in [1.82, 2.24) is 9.97 Å². The Morgan fingerprint density at radius 3 is 0.911 bits per heavy atom. The summed E-state index contributed by atoms with van der Waals surface area (Å²) >= 11 is 3.46. The molecule has 2 aromatic heterocycles. The lowest BCUT2D eigenvalue weighted by atomic mass is 10.0. The average molecular weight is 755 g/mol. The Balaban J connectivity index is 0.935. The predicted molar refractivity (Wildman–Crippen MR) is 238 cm³/mol. The molecule has 8 aromatic carbocycles. The number of hydrogen-bond acceptors (Lipinski definition) is 6. The first-order chi connectivity index (χ1) is 27.8. The Morgan fingerprint density at radius 1 is 0.286 bits per heavy atom. The van der Waals surface area contributed by atoms with Gasteiger partial charge in [-0.15, -0.1) is 22.7 Å². The van der Waals surface area contributed by atoms with Gasteiger partial charge in [0.05, 0.1) is 20.8 Å². The zero-order chi connectivity index (χ0) is 37.3. The molecular formula is C50H34N4S2. The summed E-state index contributed by atoms with van der Waals surface area (Å²) in [6, 6.07) is 72.5. The first kappa shape index (κ1) is 33.7. The summed E-state index contributed by atoms with van der Waals surface area (Å²) in [5.41, 5.74) is 13.0. The number of hydrogen-bond donors (Lipinski definition) is 0. The van der Waals surface area contributed by atoms with E-state index < -0.39 is 0 Å². The molecule has 56 heavy (non-hydrogen) atoms. The second-order valence-electron chi connectivity index (χ2n) is 13.5. The highest BCUT2D eigenvalue weighted by Crippen LogP contribution is 2.43. The molecule has 10 aromatic rings. The number of aromatic nitrogens is 2. The van der Waals surface area contributed by atoms with E-state index in [4.69, 9.17) is 9.97 Å². The molecule has 0 atom stereocenters. The number of thiazole rings is 2. The maximum atomic E-state index is 5.24. The van der Waals surface area contributed by atoms with Crippen LogP contribution >= 0.6 is 22.7 Å². The third kappa shape index (κ3) is 6.41. The van der Waals surface area contributed by atoms with Gasteiger partial charge in [0, 0.05) is 33.9 Å². The third-order valence-electron chi connectivity index (χ3n) is 9.93. The average Bonchev–Trinajstić information content (AvgIpc) is 3.92. The van der Waals surface area contributed by atoms with E-state index in [1.165, 1.54) is 0 Å². The van der Waals surface area contributed by atoms with Crippen molar-refractivity contribution in [3.8, 4) is 32.3 Å². The monoisotopic (exact) mass is 754 g/mol. The van der Waals surface area contributed by atoms with Crippen molar-refractivity contribution in [2.75, 3.05) is 9.80 Å². The molecular weight excluding hydrogens is 721 g/mol. The summed E-state index contributed by atoms with van der Waals surface area (Å²) in [7, 11) is 0. The van der Waals surface area contributed by atoms with Crippen molar-refractivity contribution in [1.29, 1.82) is 0 Å². The zero-order valence-corrected chi connectivity index (χ0v) is 31.9. The van der Waals surface area contributed by atoms with Crippen LogP contribution in [-0.2, 0) is 0 Å². The van der Waals surface area contributed by atoms with Gasteiger partial charge in [-0.05, 0) is 83.9 Å². The van der Waals surface area contributed by atoms with E-state index >= 15 is 0 Å². The number of anilines is 6. The summed E-state index contributed by atoms with van der Waals surface area (Å²) in [4.78, 5) is 15.1. The SMILES string of the molecule is c1ccc(N(c2ccccc2)c2cccc3sc(-c4ccc(-c5ccc(-c6nc7c(N(c8ccccc8)c8ccccc8)cccc7s6)cc5)cc4)nc23)cc1. The number of fused-ring (bicyclic) bond motifs is 2. The van der Waals surface area contributed by atoms with Crippen LogP contribution in [0.2, 0.25) is 0 Å². The van der Waals surface area contributed by atoms with Crippen LogP contribution in [0.1, 0.15) is 0 Å². The van der Waals surface area contributed by atoms with E-state index in [2.05, 4.69) is 216 Å². The van der Waals surface area contributed by atoms with Crippen LogP contribution in [-0.4, -0.2) is 9.97 Å². The van der Waals surface area contributed by atoms with Gasteiger partial charge in [0.25, 0.3) is 0 Å². The lowest BCUT2D eigenvalue weighted by Crippen LogP contribution is -2.10. The number of nitrogens with zero attached hydrogens (tertiary/aromatic N) is 4. The minimum atomic E-state index is 0.995. The minimum Gasteiger partial charge on any atom is -0.308 e. The Bertz CT molecular complexity index is 2610. The molecule has 0 saturated heterocycles. The molecule has 0 aliphatic heterocycles. The maximum absolute atomic E-state index is 5.24. The fourth-order valence-electron chi connectivity index (χ4n) is 7.25. The highest BCUT2D eigenvalue weighted by molar-refractivity contribution is 7.22. The van der Waals surface area contributed by atoms with E-state index in [1.807, 2.05) is 0 Å². The standard InChI is InChI=1S/C50H34N4S2/c1-5-15-39(16-6-1)53(40-17-7-2-8-18-40)43-23-13-25-45-47(43)51-49(55-45)37-31-27-35(28-32-37)36-29-33-38(34-30-36)50-52-48-44(24-14-26-46(48)56-50)54(41-19-9-3-10-20-41)42-21-11-4-12-22-42/h1-34H. The molecule has 0 bridgehead atoms. The van der Waals surface area contributed by atoms with Gasteiger partial charge in [0.2, 0.25) is 0 Å². The Kier molecular flexibility index (Phi) is 8.88. The molecule has 0 aliphatic carbocycles. The largest absolute Gasteiger partial charge is 0.308 e. The Hall–Kier alpha value is -6.86. The van der Waals surface area contributed by atoms with Crippen LogP contribution in [0.25, 0.3) is 52.7 Å². The summed E-state index contributed by atoms with van der Waals surface area (Å²) in [6.45, 7) is 0. The van der Waals surface area contributed by atoms with Crippen LogP contribution in [0.3, 0.4) is 0 Å². The Morgan fingerprint density at radius 2 is 0.589 bits per heavy atom. The van der Waals surface area contributed by atoms with Gasteiger partial charge >= 0.3 is 0 Å². The molecule has 0 saturated carbocycles. The molecule has 0 spiro atoms. The van der Waals surface area contributed by atoms with Gasteiger partial charge in [-0.3, -0.25) is 0 Å². The van der Waals surface area contributed by atoms with E-state index in [0.717, 1.165) is 86.8 Å². The zero-order valence-electron chi connectivity index (χ0n) is 30.2. The second-order valence-corrected chi connectivity index (χ2v) is 15.5. The molecule has 6 heteroatoms. The van der Waals surface area contributed by atoms with Crippen molar-refractivity contribution in [3.63, 3.8) is 0 Å². The molecule has 0 fully saturated rings. The first-order valence-electron chi connectivity index (χ1n) is 18.6. The van der Waals surface area contributed by atoms with Crippen molar-refractivity contribution < 1.29 is 0 Å². The van der Waals surface area contributed by atoms with E-state index in [0.29, 0.717) is 0 Å². The molecule has 0 amide bonds. The lowest BCUT2D eigenvalue weighted by molar-refractivity contribution is 1.29. The normalized spacial score (nSPS) is 11.2. The summed E-state index contributed by atoms with van der Waals surface area (Å²) in [6.07, 6.45) is 0. The van der Waals surface area contributed by atoms with E-state index in [9.17, 15) is 0 Å². The van der Waals surface area contributed by atoms with Gasteiger partial charge in [-0.25, -0.2) is 9.97 Å². The minimum absolute atomic E-state index is 0.995. The summed E-state index contributed by atoms with van der Waals surface area (Å²) in [5.74, 6) is 0. The third-order valence-corrected chi connectivity index (χ3v) is 12.1. The van der Waals surface area contributed by atoms with E-state index in [-0.39, 0.29) is 0 Å². The fraction of sp³-hybridized carbons (Fsp3) is 0. The van der Waals surface area contributed by atoms with Crippen molar-refractivity contribution >= 4 is 77.2 Å². The molecule has 0 N–H and O–H groups in total. The van der Waals surface area contributed by atoms with Gasteiger partial charge < -0.3 is 9.80 Å². The number of para-hydroxylation sites is 6. The van der Waals surface area contributed by atoms with Gasteiger partial charge in [-0.2, -0.15) is 0 Å². The van der Waals surface area contributed by atoms with Crippen LogP contribution < -0.4 is 9.80 Å². The van der Waals surface area contributed by atoms with E-state index in [1.54, 1.807) is 22.7 Å². The maximum Gasteiger partial charge on any atom is 0.124 e. The lowest BCUT2D eigenvalue weighted by Gasteiger charge is -2.25. The smallest absolute Gasteiger partial charge is 0.124 e. The highest BCUT2D eigenvalue weighted by Gasteiger charge is 2.20. The molecule has 4 nitrogen and oxygen atoms in total. The molecule has 2 heterocycles.